The molecule has 2 aromatic rings. The lowest BCUT2D eigenvalue weighted by Crippen LogP contribution is -2.03. The van der Waals surface area contributed by atoms with Crippen LogP contribution in [0.1, 0.15) is 16.1 Å². The van der Waals surface area contributed by atoms with Crippen LogP contribution in [0, 0.1) is 0 Å². The SMILES string of the molecule is O=C(Cc1ccccc1)c1ccc[nH]1. The van der Waals surface area contributed by atoms with Gasteiger partial charge in [-0.15, -0.1) is 0 Å². The van der Waals surface area contributed by atoms with Gasteiger partial charge in [0.2, 0.25) is 0 Å². The van der Waals surface area contributed by atoms with Gasteiger partial charge in [0.05, 0.1) is 5.69 Å². The molecule has 2 rings (SSSR count). The molecule has 0 amide bonds. The van der Waals surface area contributed by atoms with Gasteiger partial charge in [-0.25, -0.2) is 0 Å². The summed E-state index contributed by atoms with van der Waals surface area (Å²) in [5, 5.41) is 0. The van der Waals surface area contributed by atoms with Crippen molar-refractivity contribution in [2.45, 2.75) is 6.42 Å². The first-order chi connectivity index (χ1) is 6.86. The molecule has 0 radical (unpaired) electrons. The van der Waals surface area contributed by atoms with Crippen LogP contribution in [0.15, 0.2) is 48.7 Å². The topological polar surface area (TPSA) is 32.9 Å². The Morgan fingerprint density at radius 1 is 1.07 bits per heavy atom. The number of carbonyl (C=O) groups is 1. The highest BCUT2D eigenvalue weighted by atomic mass is 16.1. The van der Waals surface area contributed by atoms with Gasteiger partial charge in [-0.1, -0.05) is 30.3 Å². The predicted molar refractivity (Wildman–Crippen MR) is 55.3 cm³/mol. The summed E-state index contributed by atoms with van der Waals surface area (Å²) >= 11 is 0. The average molecular weight is 185 g/mol. The molecule has 0 aliphatic rings. The molecule has 0 unspecified atom stereocenters. The van der Waals surface area contributed by atoms with Gasteiger partial charge in [0.1, 0.15) is 0 Å². The van der Waals surface area contributed by atoms with Gasteiger partial charge in [-0.3, -0.25) is 4.79 Å². The lowest BCUT2D eigenvalue weighted by Gasteiger charge is -1.98. The van der Waals surface area contributed by atoms with E-state index in [4.69, 9.17) is 0 Å². The van der Waals surface area contributed by atoms with Crippen molar-refractivity contribution in [1.29, 1.82) is 0 Å². The fourth-order valence-electron chi connectivity index (χ4n) is 1.38. The Balaban J connectivity index is 2.10. The molecule has 2 nitrogen and oxygen atoms in total. The molecule has 1 heterocycles. The molecular weight excluding hydrogens is 174 g/mol. The number of carbonyl (C=O) groups excluding carboxylic acids is 1. The molecule has 0 saturated heterocycles. The van der Waals surface area contributed by atoms with Crippen molar-refractivity contribution < 1.29 is 4.79 Å². The molecule has 0 aliphatic heterocycles. The Morgan fingerprint density at radius 3 is 2.50 bits per heavy atom. The van der Waals surface area contributed by atoms with Crippen molar-refractivity contribution in [3.05, 3.63) is 59.9 Å². The third-order valence-electron chi connectivity index (χ3n) is 2.11. The quantitative estimate of drug-likeness (QED) is 0.732. The summed E-state index contributed by atoms with van der Waals surface area (Å²) < 4.78 is 0. The van der Waals surface area contributed by atoms with E-state index >= 15 is 0 Å². The van der Waals surface area contributed by atoms with E-state index < -0.39 is 0 Å². The van der Waals surface area contributed by atoms with Crippen LogP contribution >= 0.6 is 0 Å². The van der Waals surface area contributed by atoms with Gasteiger partial charge in [-0.2, -0.15) is 0 Å². The second-order valence-corrected chi connectivity index (χ2v) is 3.17. The van der Waals surface area contributed by atoms with Crippen LogP contribution in [-0.2, 0) is 6.42 Å². The second-order valence-electron chi connectivity index (χ2n) is 3.17. The molecule has 14 heavy (non-hydrogen) atoms. The van der Waals surface area contributed by atoms with Crippen LogP contribution in [0.3, 0.4) is 0 Å². The minimum absolute atomic E-state index is 0.126. The molecular formula is C12H11NO. The van der Waals surface area contributed by atoms with Crippen molar-refractivity contribution in [2.75, 3.05) is 0 Å². The smallest absolute Gasteiger partial charge is 0.183 e. The van der Waals surface area contributed by atoms with Crippen molar-refractivity contribution in [1.82, 2.24) is 4.98 Å². The van der Waals surface area contributed by atoms with Gasteiger partial charge >= 0.3 is 0 Å². The Hall–Kier alpha value is -1.83. The van der Waals surface area contributed by atoms with Crippen molar-refractivity contribution >= 4 is 5.78 Å². The maximum atomic E-state index is 11.6. The summed E-state index contributed by atoms with van der Waals surface area (Å²) in [6, 6.07) is 13.4. The molecule has 0 atom stereocenters. The molecule has 1 N–H and O–H groups in total. The number of aromatic amines is 1. The minimum atomic E-state index is 0.126. The summed E-state index contributed by atoms with van der Waals surface area (Å²) in [6.07, 6.45) is 2.22. The standard InChI is InChI=1S/C12H11NO/c14-12(11-7-4-8-13-11)9-10-5-2-1-3-6-10/h1-8,13H,9H2. The summed E-state index contributed by atoms with van der Waals surface area (Å²) in [5.74, 6) is 0.126. The molecule has 1 aromatic carbocycles. The Labute approximate surface area is 82.6 Å². The van der Waals surface area contributed by atoms with E-state index in [-0.39, 0.29) is 5.78 Å². The molecule has 1 aromatic heterocycles. The first-order valence-electron chi connectivity index (χ1n) is 4.57. The molecule has 70 valence electrons. The Morgan fingerprint density at radius 2 is 1.86 bits per heavy atom. The number of benzene rings is 1. The highest BCUT2D eigenvalue weighted by molar-refractivity contribution is 5.95. The highest BCUT2D eigenvalue weighted by Crippen LogP contribution is 2.05. The number of rotatable bonds is 3. The molecule has 0 saturated carbocycles. The number of ketones is 1. The molecule has 2 heteroatoms. The average Bonchev–Trinajstić information content (AvgIpc) is 2.72. The summed E-state index contributed by atoms with van der Waals surface area (Å²) in [5.41, 5.74) is 1.72. The van der Waals surface area contributed by atoms with Gasteiger partial charge < -0.3 is 4.98 Å². The van der Waals surface area contributed by atoms with Gasteiger partial charge in [0.25, 0.3) is 0 Å². The van der Waals surface area contributed by atoms with Crippen molar-refractivity contribution in [3.63, 3.8) is 0 Å². The van der Waals surface area contributed by atoms with E-state index in [1.54, 1.807) is 12.3 Å². The van der Waals surface area contributed by atoms with E-state index in [0.29, 0.717) is 12.1 Å². The van der Waals surface area contributed by atoms with Crippen LogP contribution < -0.4 is 0 Å². The molecule has 0 aliphatic carbocycles. The number of H-pyrrole nitrogens is 1. The second kappa shape index (κ2) is 3.92. The zero-order valence-corrected chi connectivity index (χ0v) is 7.73. The summed E-state index contributed by atoms with van der Waals surface area (Å²) in [6.45, 7) is 0. The largest absolute Gasteiger partial charge is 0.359 e. The Bertz CT molecular complexity index is 403. The van der Waals surface area contributed by atoms with E-state index in [1.807, 2.05) is 36.4 Å². The zero-order valence-electron chi connectivity index (χ0n) is 7.73. The van der Waals surface area contributed by atoms with Gasteiger partial charge in [0, 0.05) is 12.6 Å². The van der Waals surface area contributed by atoms with Crippen LogP contribution in [0.25, 0.3) is 0 Å². The van der Waals surface area contributed by atoms with Crippen LogP contribution in [0.5, 0.6) is 0 Å². The van der Waals surface area contributed by atoms with E-state index in [9.17, 15) is 4.79 Å². The summed E-state index contributed by atoms with van der Waals surface area (Å²) in [7, 11) is 0. The number of Topliss-reactive ketones (excluding diaryl/α,β-unsaturated/α-hetero) is 1. The maximum absolute atomic E-state index is 11.6. The van der Waals surface area contributed by atoms with Gasteiger partial charge in [-0.05, 0) is 17.7 Å². The first kappa shape index (κ1) is 8.75. The number of hydrogen-bond acceptors (Lipinski definition) is 1. The first-order valence-corrected chi connectivity index (χ1v) is 4.57. The van der Waals surface area contributed by atoms with Gasteiger partial charge in [0.15, 0.2) is 5.78 Å². The summed E-state index contributed by atoms with van der Waals surface area (Å²) in [4.78, 5) is 14.6. The lowest BCUT2D eigenvalue weighted by atomic mass is 10.1. The van der Waals surface area contributed by atoms with E-state index in [2.05, 4.69) is 4.98 Å². The monoisotopic (exact) mass is 185 g/mol. The van der Waals surface area contributed by atoms with E-state index in [1.165, 1.54) is 0 Å². The molecule has 0 fully saturated rings. The third-order valence-corrected chi connectivity index (χ3v) is 2.11. The maximum Gasteiger partial charge on any atom is 0.183 e. The number of hydrogen-bond donors (Lipinski definition) is 1. The normalized spacial score (nSPS) is 10.0. The van der Waals surface area contributed by atoms with Crippen molar-refractivity contribution in [3.8, 4) is 0 Å². The molecule has 0 bridgehead atoms. The third kappa shape index (κ3) is 1.91. The fourth-order valence-corrected chi connectivity index (χ4v) is 1.38. The minimum Gasteiger partial charge on any atom is -0.359 e. The number of nitrogens with one attached hydrogen (secondary N) is 1. The van der Waals surface area contributed by atoms with Crippen LogP contribution in [-0.4, -0.2) is 10.8 Å². The molecule has 0 spiro atoms. The van der Waals surface area contributed by atoms with Crippen LogP contribution in [0.4, 0.5) is 0 Å². The lowest BCUT2D eigenvalue weighted by molar-refractivity contribution is 0.0989. The highest BCUT2D eigenvalue weighted by Gasteiger charge is 2.06. The predicted octanol–water partition coefficient (Wildman–Crippen LogP) is 2.44. The number of aromatic nitrogens is 1. The van der Waals surface area contributed by atoms with E-state index in [0.717, 1.165) is 5.56 Å². The van der Waals surface area contributed by atoms with Crippen LogP contribution in [0.2, 0.25) is 0 Å². The zero-order chi connectivity index (χ0) is 9.80. The Kier molecular flexibility index (Phi) is 2.45. The fraction of sp³-hybridized carbons (Fsp3) is 0.0833. The van der Waals surface area contributed by atoms with Crippen molar-refractivity contribution in [2.24, 2.45) is 0 Å².